The first-order chi connectivity index (χ1) is 15.0. The second kappa shape index (κ2) is 7.73. The first-order valence-corrected chi connectivity index (χ1v) is 10.5. The lowest BCUT2D eigenvalue weighted by molar-refractivity contribution is -0.137. The van der Waals surface area contributed by atoms with Gasteiger partial charge in [0, 0.05) is 28.7 Å². The Morgan fingerprint density at radius 2 is 1.87 bits per heavy atom. The highest BCUT2D eigenvalue weighted by Crippen LogP contribution is 2.45. The fourth-order valence-electron chi connectivity index (χ4n) is 4.63. The minimum absolute atomic E-state index is 0.0478. The van der Waals surface area contributed by atoms with E-state index in [0.29, 0.717) is 35.7 Å². The normalized spacial score (nSPS) is 19.2. The van der Waals surface area contributed by atoms with Gasteiger partial charge in [0.2, 0.25) is 0 Å². The van der Waals surface area contributed by atoms with E-state index in [0.717, 1.165) is 28.7 Å². The zero-order valence-corrected chi connectivity index (χ0v) is 17.2. The lowest BCUT2D eigenvalue weighted by atomic mass is 9.90. The SMILES string of the molecule is Cc1ccccc1-c1cccc(C2CCc3cc4c(cc3O2)OC[C@H]4CC(=O)O)c1F. The number of benzene rings is 3. The van der Waals surface area contributed by atoms with Gasteiger partial charge < -0.3 is 14.6 Å². The van der Waals surface area contributed by atoms with E-state index in [4.69, 9.17) is 14.6 Å². The van der Waals surface area contributed by atoms with Crippen LogP contribution in [0.5, 0.6) is 11.5 Å². The zero-order chi connectivity index (χ0) is 21.5. The fourth-order valence-corrected chi connectivity index (χ4v) is 4.63. The van der Waals surface area contributed by atoms with Gasteiger partial charge in [-0.2, -0.15) is 0 Å². The summed E-state index contributed by atoms with van der Waals surface area (Å²) in [5, 5.41) is 9.13. The molecule has 2 heterocycles. The van der Waals surface area contributed by atoms with Crippen molar-refractivity contribution in [3.8, 4) is 22.6 Å². The van der Waals surface area contributed by atoms with Gasteiger partial charge in [0.1, 0.15) is 23.4 Å². The summed E-state index contributed by atoms with van der Waals surface area (Å²) in [4.78, 5) is 11.1. The van der Waals surface area contributed by atoms with E-state index in [2.05, 4.69) is 0 Å². The average Bonchev–Trinajstić information content (AvgIpc) is 3.13. The molecule has 0 radical (unpaired) electrons. The van der Waals surface area contributed by atoms with Crippen molar-refractivity contribution in [2.45, 2.75) is 38.2 Å². The van der Waals surface area contributed by atoms with E-state index >= 15 is 4.39 Å². The Morgan fingerprint density at radius 1 is 1.06 bits per heavy atom. The van der Waals surface area contributed by atoms with Gasteiger partial charge in [-0.1, -0.05) is 42.5 Å². The number of ether oxygens (including phenoxy) is 2. The summed E-state index contributed by atoms with van der Waals surface area (Å²) in [7, 11) is 0. The van der Waals surface area contributed by atoms with E-state index in [-0.39, 0.29) is 24.3 Å². The van der Waals surface area contributed by atoms with Crippen LogP contribution in [0.3, 0.4) is 0 Å². The molecule has 3 aromatic carbocycles. The molecular formula is C26H23FO4. The number of rotatable bonds is 4. The Hall–Kier alpha value is -3.34. The van der Waals surface area contributed by atoms with Gasteiger partial charge in [-0.05, 0) is 42.5 Å². The monoisotopic (exact) mass is 418 g/mol. The number of carboxylic acid groups (broad SMARTS) is 1. The Labute approximate surface area is 180 Å². The molecule has 0 aliphatic carbocycles. The lowest BCUT2D eigenvalue weighted by Crippen LogP contribution is -2.17. The molecule has 2 aliphatic heterocycles. The zero-order valence-electron chi connectivity index (χ0n) is 17.2. The van der Waals surface area contributed by atoms with E-state index in [1.54, 1.807) is 12.1 Å². The number of aliphatic carboxylic acids is 1. The lowest BCUT2D eigenvalue weighted by Gasteiger charge is -2.28. The molecule has 4 nitrogen and oxygen atoms in total. The van der Waals surface area contributed by atoms with E-state index < -0.39 is 5.97 Å². The van der Waals surface area contributed by atoms with E-state index in [1.165, 1.54) is 0 Å². The molecule has 0 saturated carbocycles. The third-order valence-corrected chi connectivity index (χ3v) is 6.25. The molecule has 0 amide bonds. The van der Waals surface area contributed by atoms with Crippen molar-refractivity contribution in [3.63, 3.8) is 0 Å². The molecule has 158 valence electrons. The van der Waals surface area contributed by atoms with Crippen LogP contribution in [-0.4, -0.2) is 17.7 Å². The van der Waals surface area contributed by atoms with Crippen molar-refractivity contribution in [2.24, 2.45) is 0 Å². The molecule has 1 N–H and O–H groups in total. The number of aryl methyl sites for hydroxylation is 2. The molecule has 31 heavy (non-hydrogen) atoms. The number of carbonyl (C=O) groups is 1. The quantitative estimate of drug-likeness (QED) is 0.580. The Balaban J connectivity index is 1.45. The first kappa shape index (κ1) is 19.6. The summed E-state index contributed by atoms with van der Waals surface area (Å²) in [6.07, 6.45) is 1.06. The van der Waals surface area contributed by atoms with Crippen molar-refractivity contribution < 1.29 is 23.8 Å². The van der Waals surface area contributed by atoms with Gasteiger partial charge in [0.15, 0.2) is 0 Å². The van der Waals surface area contributed by atoms with Gasteiger partial charge in [-0.15, -0.1) is 0 Å². The van der Waals surface area contributed by atoms with Crippen LogP contribution < -0.4 is 9.47 Å². The maximum absolute atomic E-state index is 15.5. The summed E-state index contributed by atoms with van der Waals surface area (Å²) < 4.78 is 27.5. The summed E-state index contributed by atoms with van der Waals surface area (Å²) in [6.45, 7) is 2.34. The van der Waals surface area contributed by atoms with Crippen LogP contribution in [-0.2, 0) is 11.2 Å². The molecule has 0 spiro atoms. The molecule has 1 unspecified atom stereocenters. The van der Waals surface area contributed by atoms with Gasteiger partial charge in [-0.3, -0.25) is 4.79 Å². The van der Waals surface area contributed by atoms with Crippen LogP contribution in [0.4, 0.5) is 4.39 Å². The number of halogens is 1. The summed E-state index contributed by atoms with van der Waals surface area (Å²) in [5.41, 5.74) is 4.99. The molecule has 2 atom stereocenters. The smallest absolute Gasteiger partial charge is 0.304 e. The van der Waals surface area contributed by atoms with Crippen molar-refractivity contribution >= 4 is 5.97 Å². The molecule has 0 fully saturated rings. The second-order valence-electron chi connectivity index (χ2n) is 8.27. The van der Waals surface area contributed by atoms with E-state index in [9.17, 15) is 4.79 Å². The van der Waals surface area contributed by atoms with Crippen molar-refractivity contribution in [1.82, 2.24) is 0 Å². The van der Waals surface area contributed by atoms with Gasteiger partial charge in [0.25, 0.3) is 0 Å². The molecule has 0 aromatic heterocycles. The summed E-state index contributed by atoms with van der Waals surface area (Å²) in [6, 6.07) is 17.1. The molecule has 0 saturated heterocycles. The maximum atomic E-state index is 15.5. The predicted octanol–water partition coefficient (Wildman–Crippen LogP) is 5.82. The topological polar surface area (TPSA) is 55.8 Å². The molecule has 0 bridgehead atoms. The number of hydrogen-bond donors (Lipinski definition) is 1. The number of hydrogen-bond acceptors (Lipinski definition) is 3. The molecular weight excluding hydrogens is 395 g/mol. The Morgan fingerprint density at radius 3 is 2.68 bits per heavy atom. The molecule has 2 aliphatic rings. The highest BCUT2D eigenvalue weighted by molar-refractivity contribution is 5.69. The van der Waals surface area contributed by atoms with Crippen LogP contribution >= 0.6 is 0 Å². The Bertz CT molecular complexity index is 1170. The van der Waals surface area contributed by atoms with Crippen LogP contribution in [0.1, 0.15) is 47.1 Å². The van der Waals surface area contributed by atoms with Crippen LogP contribution in [0, 0.1) is 12.7 Å². The second-order valence-corrected chi connectivity index (χ2v) is 8.27. The third-order valence-electron chi connectivity index (χ3n) is 6.25. The highest BCUT2D eigenvalue weighted by atomic mass is 19.1. The minimum Gasteiger partial charge on any atom is -0.492 e. The van der Waals surface area contributed by atoms with Crippen LogP contribution in [0.15, 0.2) is 54.6 Å². The number of fused-ring (bicyclic) bond motifs is 2. The highest BCUT2D eigenvalue weighted by Gasteiger charge is 2.31. The van der Waals surface area contributed by atoms with E-state index in [1.807, 2.05) is 49.4 Å². The molecule has 3 aromatic rings. The van der Waals surface area contributed by atoms with Crippen LogP contribution in [0.25, 0.3) is 11.1 Å². The summed E-state index contributed by atoms with van der Waals surface area (Å²) >= 11 is 0. The third kappa shape index (κ3) is 3.54. The van der Waals surface area contributed by atoms with Crippen molar-refractivity contribution in [2.75, 3.05) is 6.61 Å². The average molecular weight is 418 g/mol. The van der Waals surface area contributed by atoms with Gasteiger partial charge in [0.05, 0.1) is 13.0 Å². The minimum atomic E-state index is -0.834. The largest absolute Gasteiger partial charge is 0.492 e. The van der Waals surface area contributed by atoms with Crippen molar-refractivity contribution in [1.29, 1.82) is 0 Å². The van der Waals surface area contributed by atoms with Gasteiger partial charge in [-0.25, -0.2) is 4.39 Å². The Kier molecular flexibility index (Phi) is 4.89. The van der Waals surface area contributed by atoms with Crippen molar-refractivity contribution in [3.05, 3.63) is 82.7 Å². The van der Waals surface area contributed by atoms with Crippen LogP contribution in [0.2, 0.25) is 0 Å². The first-order valence-electron chi connectivity index (χ1n) is 10.5. The van der Waals surface area contributed by atoms with Gasteiger partial charge >= 0.3 is 5.97 Å². The maximum Gasteiger partial charge on any atom is 0.304 e. The fraction of sp³-hybridized carbons (Fsp3) is 0.269. The summed E-state index contributed by atoms with van der Waals surface area (Å²) in [5.74, 6) is 0.133. The number of carboxylic acids is 1. The molecule has 5 heteroatoms. The standard InChI is InChI=1S/C26H23FO4/c1-15-5-2-3-6-18(15)19-7-4-8-20(26(19)27)22-10-9-16-11-21-17(12-25(28)29)14-30-24(21)13-23(16)31-22/h2-8,11,13,17,22H,9-10,12,14H2,1H3,(H,28,29)/t17-,22?/m1/s1. The predicted molar refractivity (Wildman–Crippen MR) is 115 cm³/mol. The molecule has 5 rings (SSSR count).